The summed E-state index contributed by atoms with van der Waals surface area (Å²) in [7, 11) is -3.70. The van der Waals surface area contributed by atoms with Crippen LogP contribution in [0.5, 0.6) is 0 Å². The number of nitrogens with zero attached hydrogens (tertiary/aromatic N) is 3. The van der Waals surface area contributed by atoms with E-state index in [9.17, 15) is 13.2 Å². The van der Waals surface area contributed by atoms with Crippen molar-refractivity contribution in [2.45, 2.75) is 36.9 Å². The van der Waals surface area contributed by atoms with Crippen LogP contribution in [0, 0.1) is 0 Å². The lowest BCUT2D eigenvalue weighted by molar-refractivity contribution is 0.0265. The van der Waals surface area contributed by atoms with Crippen molar-refractivity contribution in [2.75, 3.05) is 13.2 Å². The summed E-state index contributed by atoms with van der Waals surface area (Å²) in [4.78, 5) is 20.7. The third-order valence-corrected chi connectivity index (χ3v) is 6.36. The van der Waals surface area contributed by atoms with E-state index >= 15 is 0 Å². The molecule has 168 valence electrons. The van der Waals surface area contributed by atoms with E-state index in [1.165, 1.54) is 24.3 Å². The average Bonchev–Trinajstić information content (AvgIpc) is 3.51. The van der Waals surface area contributed by atoms with Crippen LogP contribution in [0.3, 0.4) is 0 Å². The molecule has 4 rings (SSSR count). The van der Waals surface area contributed by atoms with Crippen LogP contribution in [0.4, 0.5) is 0 Å². The van der Waals surface area contributed by atoms with Crippen LogP contribution in [0.15, 0.2) is 58.2 Å². The zero-order valence-corrected chi connectivity index (χ0v) is 18.1. The number of nitrogens with one attached hydrogen (secondary N) is 1. The Labute approximate surface area is 185 Å². The minimum atomic E-state index is -3.70. The number of sulfonamides is 1. The van der Waals surface area contributed by atoms with Gasteiger partial charge in [-0.3, -0.25) is 4.98 Å². The van der Waals surface area contributed by atoms with Crippen molar-refractivity contribution >= 4 is 16.0 Å². The number of carbonyl (C=O) groups is 1. The number of pyridine rings is 1. The Bertz CT molecular complexity index is 1160. The van der Waals surface area contributed by atoms with Crippen molar-refractivity contribution in [1.29, 1.82) is 0 Å². The lowest BCUT2D eigenvalue weighted by atomic mass is 10.2. The minimum absolute atomic E-state index is 0.0538. The number of hydrogen-bond acceptors (Lipinski definition) is 9. The first-order valence-electron chi connectivity index (χ1n) is 10.1. The molecule has 3 aromatic rings. The molecule has 0 amide bonds. The van der Waals surface area contributed by atoms with Crippen molar-refractivity contribution < 1.29 is 27.2 Å². The Morgan fingerprint density at radius 1 is 1.28 bits per heavy atom. The molecule has 32 heavy (non-hydrogen) atoms. The molecule has 3 heterocycles. The normalized spacial score (nSPS) is 17.2. The van der Waals surface area contributed by atoms with Gasteiger partial charge in [0.1, 0.15) is 0 Å². The van der Waals surface area contributed by atoms with E-state index in [2.05, 4.69) is 19.8 Å². The molecule has 11 heteroatoms. The standard InChI is InChI=1S/C21H22N4O6S/c1-14(20-24-19(25-31-20)16-4-2-10-22-12-16)30-21(26)15-6-8-18(9-7-15)32(27,28)23-13-17-5-3-11-29-17/h2,4,6-10,12,14,17,23H,3,5,11,13H2,1H3. The maximum absolute atomic E-state index is 12.5. The molecule has 2 aromatic heterocycles. The first-order valence-corrected chi connectivity index (χ1v) is 11.6. The van der Waals surface area contributed by atoms with Crippen molar-refractivity contribution in [3.8, 4) is 11.4 Å². The summed E-state index contributed by atoms with van der Waals surface area (Å²) in [6.07, 6.45) is 4.08. The number of benzene rings is 1. The van der Waals surface area contributed by atoms with Gasteiger partial charge in [-0.15, -0.1) is 0 Å². The second kappa shape index (κ2) is 9.55. The third kappa shape index (κ3) is 5.18. The van der Waals surface area contributed by atoms with Crippen LogP contribution in [0.1, 0.15) is 42.1 Å². The van der Waals surface area contributed by atoms with Crippen molar-refractivity contribution in [3.63, 3.8) is 0 Å². The smallest absolute Gasteiger partial charge is 0.338 e. The van der Waals surface area contributed by atoms with Crippen molar-refractivity contribution in [3.05, 3.63) is 60.2 Å². The number of esters is 1. The van der Waals surface area contributed by atoms with Crippen LogP contribution in [0.2, 0.25) is 0 Å². The van der Waals surface area contributed by atoms with Gasteiger partial charge in [0.15, 0.2) is 6.10 Å². The summed E-state index contributed by atoms with van der Waals surface area (Å²) >= 11 is 0. The topological polar surface area (TPSA) is 134 Å². The minimum Gasteiger partial charge on any atom is -0.449 e. The summed E-state index contributed by atoms with van der Waals surface area (Å²) in [5.41, 5.74) is 0.868. The zero-order chi connectivity index (χ0) is 22.6. The zero-order valence-electron chi connectivity index (χ0n) is 17.3. The van der Waals surface area contributed by atoms with Crippen LogP contribution >= 0.6 is 0 Å². The number of rotatable bonds is 8. The SMILES string of the molecule is CC(OC(=O)c1ccc(S(=O)(=O)NCC2CCCO2)cc1)c1nc(-c2cccnc2)no1. The molecule has 1 aliphatic heterocycles. The molecule has 0 bridgehead atoms. The molecule has 1 N–H and O–H groups in total. The van der Waals surface area contributed by atoms with Gasteiger partial charge < -0.3 is 14.0 Å². The molecule has 0 aliphatic carbocycles. The first-order chi connectivity index (χ1) is 15.4. The molecule has 1 fully saturated rings. The Balaban J connectivity index is 1.36. The predicted octanol–water partition coefficient (Wildman–Crippen LogP) is 2.51. The third-order valence-electron chi connectivity index (χ3n) is 4.92. The molecular formula is C21H22N4O6S. The molecule has 1 aromatic carbocycles. The summed E-state index contributed by atoms with van der Waals surface area (Å²) in [5, 5.41) is 3.87. The largest absolute Gasteiger partial charge is 0.449 e. The van der Waals surface area contributed by atoms with Gasteiger partial charge in [-0.1, -0.05) is 5.16 Å². The van der Waals surface area contributed by atoms with Crippen LogP contribution in [0.25, 0.3) is 11.4 Å². The second-order valence-electron chi connectivity index (χ2n) is 7.26. The van der Waals surface area contributed by atoms with Gasteiger partial charge in [0.2, 0.25) is 15.8 Å². The second-order valence-corrected chi connectivity index (χ2v) is 9.02. The fourth-order valence-electron chi connectivity index (χ4n) is 3.15. The van der Waals surface area contributed by atoms with Gasteiger partial charge >= 0.3 is 5.97 Å². The first kappa shape index (κ1) is 22.1. The van der Waals surface area contributed by atoms with E-state index in [-0.39, 0.29) is 29.0 Å². The van der Waals surface area contributed by atoms with Crippen LogP contribution < -0.4 is 4.72 Å². The van der Waals surface area contributed by atoms with E-state index in [0.717, 1.165) is 12.8 Å². The Morgan fingerprint density at radius 3 is 2.78 bits per heavy atom. The van der Waals surface area contributed by atoms with Crippen LogP contribution in [-0.2, 0) is 19.5 Å². The highest BCUT2D eigenvalue weighted by Crippen LogP contribution is 2.21. The van der Waals surface area contributed by atoms with Gasteiger partial charge in [-0.2, -0.15) is 4.98 Å². The monoisotopic (exact) mass is 458 g/mol. The predicted molar refractivity (Wildman–Crippen MR) is 112 cm³/mol. The van der Waals surface area contributed by atoms with Gasteiger partial charge in [0.05, 0.1) is 16.6 Å². The number of ether oxygens (including phenoxy) is 2. The lowest BCUT2D eigenvalue weighted by Crippen LogP contribution is -2.31. The van der Waals surface area contributed by atoms with E-state index in [4.69, 9.17) is 14.0 Å². The molecule has 2 unspecified atom stereocenters. The lowest BCUT2D eigenvalue weighted by Gasteiger charge is -2.12. The van der Waals surface area contributed by atoms with E-state index in [1.54, 1.807) is 31.5 Å². The quantitative estimate of drug-likeness (QED) is 0.505. The Kier molecular flexibility index (Phi) is 6.58. The van der Waals surface area contributed by atoms with E-state index in [1.807, 2.05) is 0 Å². The molecule has 1 aliphatic rings. The molecule has 0 radical (unpaired) electrons. The van der Waals surface area contributed by atoms with Gasteiger partial charge in [0.25, 0.3) is 5.89 Å². The maximum atomic E-state index is 12.5. The fourth-order valence-corrected chi connectivity index (χ4v) is 4.22. The summed E-state index contributed by atoms with van der Waals surface area (Å²) < 4.78 is 43.4. The molecule has 1 saturated heterocycles. The summed E-state index contributed by atoms with van der Waals surface area (Å²) in [6.45, 7) is 2.47. The molecular weight excluding hydrogens is 436 g/mol. The molecule has 10 nitrogen and oxygen atoms in total. The van der Waals surface area contributed by atoms with Gasteiger partial charge in [-0.05, 0) is 56.2 Å². The van der Waals surface area contributed by atoms with Gasteiger partial charge in [0, 0.05) is 31.1 Å². The summed E-state index contributed by atoms with van der Waals surface area (Å²) in [5.74, 6) is -0.175. The van der Waals surface area contributed by atoms with Crippen molar-refractivity contribution in [1.82, 2.24) is 19.8 Å². The summed E-state index contributed by atoms with van der Waals surface area (Å²) in [6, 6.07) is 9.02. The fraction of sp³-hybridized carbons (Fsp3) is 0.333. The highest BCUT2D eigenvalue weighted by molar-refractivity contribution is 7.89. The van der Waals surface area contributed by atoms with Crippen molar-refractivity contribution in [2.24, 2.45) is 0 Å². The number of carbonyl (C=O) groups excluding carboxylic acids is 1. The number of aromatic nitrogens is 3. The van der Waals surface area contributed by atoms with Gasteiger partial charge in [-0.25, -0.2) is 17.9 Å². The highest BCUT2D eigenvalue weighted by atomic mass is 32.2. The maximum Gasteiger partial charge on any atom is 0.338 e. The Hall–Kier alpha value is -3.15. The molecule has 0 saturated carbocycles. The highest BCUT2D eigenvalue weighted by Gasteiger charge is 2.22. The van der Waals surface area contributed by atoms with Crippen LogP contribution in [-0.4, -0.2) is 48.8 Å². The molecule has 0 spiro atoms. The number of hydrogen-bond donors (Lipinski definition) is 1. The Morgan fingerprint density at radius 2 is 2.09 bits per heavy atom. The average molecular weight is 458 g/mol. The molecule has 2 atom stereocenters. The van der Waals surface area contributed by atoms with E-state index in [0.29, 0.717) is 18.0 Å². The van der Waals surface area contributed by atoms with E-state index < -0.39 is 22.1 Å².